The molecular formula is C21H24ClFN2O. The van der Waals surface area contributed by atoms with Gasteiger partial charge in [-0.25, -0.2) is 4.39 Å². The van der Waals surface area contributed by atoms with E-state index in [1.165, 1.54) is 11.6 Å². The lowest BCUT2D eigenvalue weighted by Gasteiger charge is -2.31. The molecule has 0 radical (unpaired) electrons. The van der Waals surface area contributed by atoms with Crippen LogP contribution in [0.5, 0.6) is 0 Å². The molecule has 26 heavy (non-hydrogen) atoms. The van der Waals surface area contributed by atoms with Crippen molar-refractivity contribution in [3.63, 3.8) is 0 Å². The van der Waals surface area contributed by atoms with Gasteiger partial charge in [0.15, 0.2) is 0 Å². The number of hydrogen-bond acceptors (Lipinski definition) is 2. The smallest absolute Gasteiger partial charge is 0.223 e. The molecule has 1 aliphatic rings. The van der Waals surface area contributed by atoms with Gasteiger partial charge in [0.25, 0.3) is 0 Å². The number of carbonyl (C=O) groups excluding carboxylic acids is 1. The summed E-state index contributed by atoms with van der Waals surface area (Å²) in [7, 11) is 0. The number of aryl methyl sites for hydroxylation is 1. The summed E-state index contributed by atoms with van der Waals surface area (Å²) in [6, 6.07) is 13.0. The lowest BCUT2D eigenvalue weighted by atomic mass is 9.95. The van der Waals surface area contributed by atoms with Gasteiger partial charge in [-0.2, -0.15) is 0 Å². The van der Waals surface area contributed by atoms with Gasteiger partial charge in [0, 0.05) is 29.6 Å². The first-order chi connectivity index (χ1) is 12.5. The summed E-state index contributed by atoms with van der Waals surface area (Å²) in [5.41, 5.74) is 2.97. The van der Waals surface area contributed by atoms with Crippen LogP contribution < -0.4 is 5.32 Å². The number of nitrogens with one attached hydrogen (secondary N) is 1. The fourth-order valence-electron chi connectivity index (χ4n) is 3.28. The van der Waals surface area contributed by atoms with E-state index in [2.05, 4.69) is 22.3 Å². The summed E-state index contributed by atoms with van der Waals surface area (Å²) in [5, 5.41) is 3.45. The van der Waals surface area contributed by atoms with Crippen LogP contribution in [0.4, 0.5) is 4.39 Å². The number of rotatable bonds is 5. The lowest BCUT2D eigenvalue weighted by Crippen LogP contribution is -2.40. The van der Waals surface area contributed by atoms with Crippen molar-refractivity contribution in [2.24, 2.45) is 5.92 Å². The van der Waals surface area contributed by atoms with Crippen molar-refractivity contribution in [3.8, 4) is 0 Å². The van der Waals surface area contributed by atoms with E-state index in [-0.39, 0.29) is 17.6 Å². The summed E-state index contributed by atoms with van der Waals surface area (Å²) < 4.78 is 13.9. The van der Waals surface area contributed by atoms with Gasteiger partial charge in [-0.1, -0.05) is 47.5 Å². The molecule has 2 aromatic carbocycles. The molecule has 0 unspecified atom stereocenters. The van der Waals surface area contributed by atoms with Gasteiger partial charge >= 0.3 is 0 Å². The van der Waals surface area contributed by atoms with Crippen LogP contribution in [-0.4, -0.2) is 23.9 Å². The third kappa shape index (κ3) is 5.05. The molecule has 1 N–H and O–H groups in total. The minimum Gasteiger partial charge on any atom is -0.352 e. The normalized spacial score (nSPS) is 15.8. The van der Waals surface area contributed by atoms with Crippen LogP contribution >= 0.6 is 11.6 Å². The Kier molecular flexibility index (Phi) is 6.28. The Bertz CT molecular complexity index is 755. The molecule has 3 rings (SSSR count). The van der Waals surface area contributed by atoms with Crippen LogP contribution in [0.15, 0.2) is 42.5 Å². The molecule has 0 saturated carbocycles. The number of carbonyl (C=O) groups is 1. The molecule has 1 saturated heterocycles. The van der Waals surface area contributed by atoms with Crippen LogP contribution in [0.25, 0.3) is 0 Å². The number of hydrogen-bond donors (Lipinski definition) is 1. The number of amides is 1. The van der Waals surface area contributed by atoms with Crippen LogP contribution in [0.1, 0.15) is 29.5 Å². The van der Waals surface area contributed by atoms with Gasteiger partial charge in [0.2, 0.25) is 5.91 Å². The highest BCUT2D eigenvalue weighted by Gasteiger charge is 2.25. The van der Waals surface area contributed by atoms with E-state index >= 15 is 0 Å². The van der Waals surface area contributed by atoms with Gasteiger partial charge in [-0.3, -0.25) is 9.69 Å². The highest BCUT2D eigenvalue weighted by Crippen LogP contribution is 2.21. The quantitative estimate of drug-likeness (QED) is 0.845. The Morgan fingerprint density at radius 1 is 1.19 bits per heavy atom. The number of benzene rings is 2. The lowest BCUT2D eigenvalue weighted by molar-refractivity contribution is -0.126. The zero-order valence-electron chi connectivity index (χ0n) is 15.0. The van der Waals surface area contributed by atoms with E-state index < -0.39 is 0 Å². The minimum absolute atomic E-state index is 0.0340. The molecule has 2 aromatic rings. The first-order valence-corrected chi connectivity index (χ1v) is 9.38. The molecule has 3 nitrogen and oxygen atoms in total. The van der Waals surface area contributed by atoms with E-state index in [0.29, 0.717) is 23.7 Å². The van der Waals surface area contributed by atoms with Gasteiger partial charge in [-0.15, -0.1) is 0 Å². The van der Waals surface area contributed by atoms with Crippen LogP contribution in [-0.2, 0) is 17.9 Å². The first kappa shape index (κ1) is 18.9. The van der Waals surface area contributed by atoms with Gasteiger partial charge in [0.05, 0.1) is 0 Å². The highest BCUT2D eigenvalue weighted by atomic mass is 35.5. The van der Waals surface area contributed by atoms with E-state index in [1.807, 2.05) is 19.1 Å². The average molecular weight is 375 g/mol. The molecule has 1 aliphatic heterocycles. The molecule has 0 bridgehead atoms. The van der Waals surface area contributed by atoms with Crippen LogP contribution in [0.2, 0.25) is 5.02 Å². The molecule has 1 fully saturated rings. The Labute approximate surface area is 159 Å². The molecule has 138 valence electrons. The standard InChI is InChI=1S/C21H24ClFN2O/c1-15-2-4-16(5-3-15)13-24-21(26)17-8-10-25(11-9-17)14-18-6-7-19(22)12-20(18)23/h2-7,12,17H,8-11,13-14H2,1H3,(H,24,26). The minimum atomic E-state index is -0.268. The highest BCUT2D eigenvalue weighted by molar-refractivity contribution is 6.30. The Hall–Kier alpha value is -1.91. The maximum Gasteiger partial charge on any atom is 0.223 e. The van der Waals surface area contributed by atoms with Crippen LogP contribution in [0.3, 0.4) is 0 Å². The third-order valence-corrected chi connectivity index (χ3v) is 5.19. The Balaban J connectivity index is 1.45. The fourth-order valence-corrected chi connectivity index (χ4v) is 3.44. The van der Waals surface area contributed by atoms with Crippen molar-refractivity contribution < 1.29 is 9.18 Å². The second kappa shape index (κ2) is 8.65. The summed E-state index contributed by atoms with van der Waals surface area (Å²) in [5.74, 6) is -0.120. The largest absolute Gasteiger partial charge is 0.352 e. The molecule has 0 aromatic heterocycles. The van der Waals surface area contributed by atoms with E-state index in [1.54, 1.807) is 12.1 Å². The molecule has 0 spiro atoms. The second-order valence-corrected chi connectivity index (χ2v) is 7.43. The number of nitrogens with zero attached hydrogens (tertiary/aromatic N) is 1. The topological polar surface area (TPSA) is 32.3 Å². The number of piperidine rings is 1. The van der Waals surface area contributed by atoms with Crippen molar-refractivity contribution in [1.82, 2.24) is 10.2 Å². The van der Waals surface area contributed by atoms with Gasteiger partial charge < -0.3 is 5.32 Å². The van der Waals surface area contributed by atoms with Gasteiger partial charge in [0.1, 0.15) is 5.82 Å². The summed E-state index contributed by atoms with van der Waals surface area (Å²) in [6.07, 6.45) is 1.60. The van der Waals surface area contributed by atoms with E-state index in [0.717, 1.165) is 31.5 Å². The summed E-state index contributed by atoms with van der Waals surface area (Å²) >= 11 is 5.80. The SMILES string of the molecule is Cc1ccc(CNC(=O)C2CCN(Cc3ccc(Cl)cc3F)CC2)cc1. The monoisotopic (exact) mass is 374 g/mol. The molecule has 0 atom stereocenters. The molecule has 1 heterocycles. The van der Waals surface area contributed by atoms with Crippen LogP contribution in [0, 0.1) is 18.7 Å². The second-order valence-electron chi connectivity index (χ2n) is 6.99. The van der Waals surface area contributed by atoms with E-state index in [4.69, 9.17) is 11.6 Å². The molecule has 5 heteroatoms. The maximum atomic E-state index is 13.9. The van der Waals surface area contributed by atoms with Crippen molar-refractivity contribution in [2.75, 3.05) is 13.1 Å². The maximum absolute atomic E-state index is 13.9. The fraction of sp³-hybridized carbons (Fsp3) is 0.381. The number of likely N-dealkylation sites (tertiary alicyclic amines) is 1. The predicted octanol–water partition coefficient (Wildman–Crippen LogP) is 4.32. The third-order valence-electron chi connectivity index (χ3n) is 4.95. The Morgan fingerprint density at radius 3 is 2.54 bits per heavy atom. The van der Waals surface area contributed by atoms with Crippen molar-refractivity contribution in [2.45, 2.75) is 32.9 Å². The molecular weight excluding hydrogens is 351 g/mol. The first-order valence-electron chi connectivity index (χ1n) is 9.01. The average Bonchev–Trinajstić information content (AvgIpc) is 2.64. The predicted molar refractivity (Wildman–Crippen MR) is 102 cm³/mol. The zero-order chi connectivity index (χ0) is 18.5. The van der Waals surface area contributed by atoms with Gasteiger partial charge in [-0.05, 0) is 50.6 Å². The molecule has 1 amide bonds. The van der Waals surface area contributed by atoms with Crippen molar-refractivity contribution >= 4 is 17.5 Å². The van der Waals surface area contributed by atoms with Crippen molar-refractivity contribution in [1.29, 1.82) is 0 Å². The Morgan fingerprint density at radius 2 is 1.88 bits per heavy atom. The summed E-state index contributed by atoms with van der Waals surface area (Å²) in [6.45, 7) is 4.76. The zero-order valence-corrected chi connectivity index (χ0v) is 15.7. The molecule has 0 aliphatic carbocycles. The van der Waals surface area contributed by atoms with E-state index in [9.17, 15) is 9.18 Å². The number of halogens is 2. The summed E-state index contributed by atoms with van der Waals surface area (Å²) in [4.78, 5) is 14.6. The van der Waals surface area contributed by atoms with Crippen molar-refractivity contribution in [3.05, 3.63) is 70.0 Å².